The molecule has 0 aliphatic rings. The van der Waals surface area contributed by atoms with E-state index in [1.165, 1.54) is 16.4 Å². The molecule has 0 aliphatic carbocycles. The third-order valence-corrected chi connectivity index (χ3v) is 3.70. The monoisotopic (exact) mass is 251 g/mol. The van der Waals surface area contributed by atoms with Crippen molar-refractivity contribution in [2.75, 3.05) is 6.54 Å². The number of likely N-dealkylation sites (N-methyl/N-ethyl adjacent to an activating group) is 1. The van der Waals surface area contributed by atoms with Crippen LogP contribution in [0.2, 0.25) is 0 Å². The minimum absolute atomic E-state index is 0.251. The number of aryl methyl sites for hydroxylation is 2. The number of nitrogens with zero attached hydrogens (tertiary/aromatic N) is 4. The zero-order valence-corrected chi connectivity index (χ0v) is 11.2. The summed E-state index contributed by atoms with van der Waals surface area (Å²) >= 11 is 1.46. The molecular weight excluding hydrogens is 234 g/mol. The Morgan fingerprint density at radius 2 is 2.35 bits per heavy atom. The van der Waals surface area contributed by atoms with Crippen molar-refractivity contribution in [1.82, 2.24) is 24.5 Å². The van der Waals surface area contributed by atoms with Gasteiger partial charge in [-0.25, -0.2) is 4.98 Å². The minimum Gasteiger partial charge on any atom is -0.338 e. The van der Waals surface area contributed by atoms with Crippen LogP contribution in [0.5, 0.6) is 0 Å². The summed E-state index contributed by atoms with van der Waals surface area (Å²) in [6, 6.07) is 0.251. The van der Waals surface area contributed by atoms with Crippen molar-refractivity contribution >= 4 is 11.5 Å². The van der Waals surface area contributed by atoms with Crippen molar-refractivity contribution in [3.05, 3.63) is 28.8 Å². The number of aromatic nitrogens is 4. The van der Waals surface area contributed by atoms with E-state index < -0.39 is 0 Å². The maximum absolute atomic E-state index is 4.36. The first-order valence-corrected chi connectivity index (χ1v) is 6.48. The molecule has 2 heterocycles. The molecule has 0 spiro atoms. The lowest BCUT2D eigenvalue weighted by Crippen LogP contribution is -2.24. The fourth-order valence-electron chi connectivity index (χ4n) is 1.84. The minimum atomic E-state index is 0.251. The summed E-state index contributed by atoms with van der Waals surface area (Å²) in [6.45, 7) is 5.03. The van der Waals surface area contributed by atoms with E-state index in [2.05, 4.69) is 26.8 Å². The van der Waals surface area contributed by atoms with Crippen molar-refractivity contribution in [1.29, 1.82) is 0 Å². The van der Waals surface area contributed by atoms with Crippen LogP contribution < -0.4 is 5.32 Å². The fraction of sp³-hybridized carbons (Fsp3) is 0.545. The van der Waals surface area contributed by atoms with Crippen LogP contribution in [0.3, 0.4) is 0 Å². The Hall–Kier alpha value is -1.27. The summed E-state index contributed by atoms with van der Waals surface area (Å²) < 4.78 is 6.05. The van der Waals surface area contributed by atoms with Crippen LogP contribution in [-0.2, 0) is 13.5 Å². The molecule has 0 bridgehead atoms. The fourth-order valence-corrected chi connectivity index (χ4v) is 2.55. The highest BCUT2D eigenvalue weighted by Gasteiger charge is 2.18. The number of hydrogen-bond acceptors (Lipinski definition) is 5. The van der Waals surface area contributed by atoms with E-state index in [1.54, 1.807) is 0 Å². The molecule has 1 atom stereocenters. The molecule has 2 aromatic rings. The largest absolute Gasteiger partial charge is 0.338 e. The van der Waals surface area contributed by atoms with E-state index in [4.69, 9.17) is 0 Å². The van der Waals surface area contributed by atoms with Gasteiger partial charge in [-0.3, -0.25) is 0 Å². The lowest BCUT2D eigenvalue weighted by atomic mass is 10.1. The predicted molar refractivity (Wildman–Crippen MR) is 68.0 cm³/mol. The Labute approximate surface area is 105 Å². The van der Waals surface area contributed by atoms with Crippen LogP contribution in [0, 0.1) is 6.92 Å². The molecule has 2 aromatic heterocycles. The molecule has 6 heteroatoms. The van der Waals surface area contributed by atoms with Crippen LogP contribution in [0.1, 0.15) is 29.4 Å². The highest BCUT2D eigenvalue weighted by atomic mass is 32.1. The summed E-state index contributed by atoms with van der Waals surface area (Å²) in [7, 11) is 2.02. The van der Waals surface area contributed by atoms with E-state index in [0.717, 1.165) is 24.5 Å². The van der Waals surface area contributed by atoms with E-state index in [9.17, 15) is 0 Å². The zero-order chi connectivity index (χ0) is 12.3. The Morgan fingerprint density at radius 1 is 1.53 bits per heavy atom. The molecule has 0 fully saturated rings. The number of imidazole rings is 1. The van der Waals surface area contributed by atoms with E-state index >= 15 is 0 Å². The van der Waals surface area contributed by atoms with Gasteiger partial charge in [-0.2, -0.15) is 0 Å². The van der Waals surface area contributed by atoms with Crippen LogP contribution in [0.4, 0.5) is 0 Å². The van der Waals surface area contributed by atoms with Gasteiger partial charge in [0.25, 0.3) is 0 Å². The van der Waals surface area contributed by atoms with Gasteiger partial charge >= 0.3 is 0 Å². The van der Waals surface area contributed by atoms with Crippen LogP contribution in [-0.4, -0.2) is 25.7 Å². The van der Waals surface area contributed by atoms with Gasteiger partial charge in [-0.05, 0) is 25.0 Å². The van der Waals surface area contributed by atoms with Gasteiger partial charge in [0.15, 0.2) is 0 Å². The number of hydrogen-bond donors (Lipinski definition) is 1. The second-order valence-electron chi connectivity index (χ2n) is 3.99. The average Bonchev–Trinajstić information content (AvgIpc) is 2.88. The third kappa shape index (κ3) is 2.70. The van der Waals surface area contributed by atoms with Crippen molar-refractivity contribution in [3.8, 4) is 0 Å². The standard InChI is InChI=1S/C11H17N5S/c1-4-12-9(11-8(2)14-15-17-11)7-10-13-5-6-16(10)3/h5-6,9,12H,4,7H2,1-3H3. The van der Waals surface area contributed by atoms with Gasteiger partial charge in [0.2, 0.25) is 0 Å². The topological polar surface area (TPSA) is 55.6 Å². The highest BCUT2D eigenvalue weighted by Crippen LogP contribution is 2.22. The van der Waals surface area contributed by atoms with Crippen LogP contribution >= 0.6 is 11.5 Å². The lowest BCUT2D eigenvalue weighted by Gasteiger charge is -2.16. The molecular formula is C11H17N5S. The summed E-state index contributed by atoms with van der Waals surface area (Å²) in [4.78, 5) is 5.57. The first-order chi connectivity index (χ1) is 8.22. The molecule has 0 aliphatic heterocycles. The molecule has 1 N–H and O–H groups in total. The van der Waals surface area contributed by atoms with Crippen molar-refractivity contribution < 1.29 is 0 Å². The van der Waals surface area contributed by atoms with Gasteiger partial charge in [-0.1, -0.05) is 11.4 Å². The lowest BCUT2D eigenvalue weighted by molar-refractivity contribution is 0.533. The summed E-state index contributed by atoms with van der Waals surface area (Å²) in [6.07, 6.45) is 4.66. The zero-order valence-electron chi connectivity index (χ0n) is 10.3. The maximum atomic E-state index is 4.36. The van der Waals surface area contributed by atoms with Gasteiger partial charge in [0.1, 0.15) is 5.82 Å². The van der Waals surface area contributed by atoms with E-state index in [-0.39, 0.29) is 6.04 Å². The average molecular weight is 251 g/mol. The predicted octanol–water partition coefficient (Wildman–Crippen LogP) is 1.47. The maximum Gasteiger partial charge on any atom is 0.110 e. The Balaban J connectivity index is 2.19. The number of rotatable bonds is 5. The summed E-state index contributed by atoms with van der Waals surface area (Å²) in [5, 5.41) is 7.54. The van der Waals surface area contributed by atoms with Crippen LogP contribution in [0.15, 0.2) is 12.4 Å². The molecule has 0 amide bonds. The highest BCUT2D eigenvalue weighted by molar-refractivity contribution is 7.05. The van der Waals surface area contributed by atoms with Crippen LogP contribution in [0.25, 0.3) is 0 Å². The van der Waals surface area contributed by atoms with Gasteiger partial charge in [0, 0.05) is 25.9 Å². The second-order valence-corrected chi connectivity index (χ2v) is 4.78. The summed E-state index contributed by atoms with van der Waals surface area (Å²) in [5.74, 6) is 1.07. The van der Waals surface area contributed by atoms with Gasteiger partial charge < -0.3 is 9.88 Å². The quantitative estimate of drug-likeness (QED) is 0.874. The molecule has 0 saturated carbocycles. The normalized spacial score (nSPS) is 12.9. The third-order valence-electron chi connectivity index (χ3n) is 2.76. The molecule has 92 valence electrons. The van der Waals surface area contributed by atoms with Crippen molar-refractivity contribution in [3.63, 3.8) is 0 Å². The van der Waals surface area contributed by atoms with Gasteiger partial charge in [-0.15, -0.1) is 5.10 Å². The van der Waals surface area contributed by atoms with E-state index in [1.807, 2.05) is 30.9 Å². The molecule has 0 aromatic carbocycles. The summed E-state index contributed by atoms with van der Waals surface area (Å²) in [5.41, 5.74) is 1.01. The first-order valence-electron chi connectivity index (χ1n) is 5.70. The van der Waals surface area contributed by atoms with Gasteiger partial charge in [0.05, 0.1) is 16.6 Å². The SMILES string of the molecule is CCNC(Cc1nccn1C)c1snnc1C. The molecule has 2 rings (SSSR count). The molecule has 17 heavy (non-hydrogen) atoms. The molecule has 1 unspecified atom stereocenters. The number of nitrogens with one attached hydrogen (secondary N) is 1. The molecule has 0 saturated heterocycles. The van der Waals surface area contributed by atoms with Crippen molar-refractivity contribution in [2.24, 2.45) is 7.05 Å². The molecule has 5 nitrogen and oxygen atoms in total. The first kappa shape index (κ1) is 12.2. The second kappa shape index (κ2) is 5.37. The Morgan fingerprint density at radius 3 is 2.88 bits per heavy atom. The smallest absolute Gasteiger partial charge is 0.110 e. The van der Waals surface area contributed by atoms with E-state index in [0.29, 0.717) is 0 Å². The molecule has 0 radical (unpaired) electrons. The Kier molecular flexibility index (Phi) is 3.86. The Bertz CT molecular complexity index is 476. The van der Waals surface area contributed by atoms with Crippen molar-refractivity contribution in [2.45, 2.75) is 26.3 Å².